The van der Waals surface area contributed by atoms with Gasteiger partial charge in [-0.05, 0) is 132 Å². The predicted molar refractivity (Wildman–Crippen MR) is 239 cm³/mol. The summed E-state index contributed by atoms with van der Waals surface area (Å²) in [5.74, 6) is 1.49. The van der Waals surface area contributed by atoms with Crippen LogP contribution in [0.3, 0.4) is 0 Å². The molecule has 3 aromatic carbocycles. The van der Waals surface area contributed by atoms with Crippen molar-refractivity contribution in [1.82, 2.24) is 0 Å². The molecule has 0 aliphatic heterocycles. The van der Waals surface area contributed by atoms with E-state index in [0.29, 0.717) is 22.1 Å². The van der Waals surface area contributed by atoms with Gasteiger partial charge < -0.3 is 22.4 Å². The molecule has 0 fully saturated rings. The molecule has 0 N–H and O–H groups in total. The number of esters is 1. The van der Waals surface area contributed by atoms with E-state index in [0.717, 1.165) is 42.7 Å². The molecule has 0 radical (unpaired) electrons. The highest BCUT2D eigenvalue weighted by molar-refractivity contribution is 6.87. The molecule has 0 heterocycles. The summed E-state index contributed by atoms with van der Waals surface area (Å²) in [7, 11) is -5.27. The Morgan fingerprint density at radius 2 is 1.20 bits per heavy atom. The van der Waals surface area contributed by atoms with Gasteiger partial charge in [-0.3, -0.25) is 0 Å². The Bertz CT molecular complexity index is 1540. The smallest absolute Gasteiger partial charge is 0.343 e. The fraction of sp³-hybridized carbons (Fsp3) is 0.578. The Labute approximate surface area is 342 Å². The van der Waals surface area contributed by atoms with E-state index in [-0.39, 0.29) is 6.10 Å². The third-order valence-electron chi connectivity index (χ3n) is 9.48. The van der Waals surface area contributed by atoms with E-state index in [9.17, 15) is 4.79 Å². The molecule has 0 spiro atoms. The summed E-state index contributed by atoms with van der Waals surface area (Å²) in [6.45, 7) is 20.9. The van der Waals surface area contributed by atoms with E-state index in [1.54, 1.807) is 18.2 Å². The molecule has 3 rings (SSSR count). The zero-order chi connectivity index (χ0) is 40.3. The molecule has 0 aliphatic rings. The van der Waals surface area contributed by atoms with E-state index in [1.165, 1.54) is 76.7 Å². The first-order valence-corrected chi connectivity index (χ1v) is 30.7. The summed E-state index contributed by atoms with van der Waals surface area (Å²) in [4.78, 5) is 12.9. The molecule has 0 aliphatic carbocycles. The minimum Gasteiger partial charge on any atom is -0.494 e. The fourth-order valence-electron chi connectivity index (χ4n) is 7.04. The molecule has 3 aromatic rings. The lowest BCUT2D eigenvalue weighted by Gasteiger charge is -2.37. The van der Waals surface area contributed by atoms with Crippen LogP contribution < -0.4 is 14.2 Å². The second kappa shape index (κ2) is 23.7. The van der Waals surface area contributed by atoms with Crippen molar-refractivity contribution in [3.8, 4) is 28.4 Å². The average molecular weight is 828 g/mol. The number of benzene rings is 3. The van der Waals surface area contributed by atoms with Gasteiger partial charge in [0.05, 0.1) is 23.3 Å². The third-order valence-corrected chi connectivity index (χ3v) is 19.9. The normalized spacial score (nSPS) is 12.8. The van der Waals surface area contributed by atoms with Crippen molar-refractivity contribution < 1.29 is 27.2 Å². The van der Waals surface area contributed by atoms with E-state index >= 15 is 0 Å². The number of carbonyl (C=O) groups is 1. The zero-order valence-corrected chi connectivity index (χ0v) is 39.3. The number of ether oxygens (including phenoxy) is 3. The molecular weight excluding hydrogens is 756 g/mol. The van der Waals surface area contributed by atoms with Crippen LogP contribution in [-0.2, 0) is 8.23 Å². The molecular formula is C45H71ClO6Si3. The van der Waals surface area contributed by atoms with Crippen molar-refractivity contribution in [1.29, 1.82) is 0 Å². The second-order valence-corrected chi connectivity index (χ2v) is 30.2. The molecule has 0 bridgehead atoms. The van der Waals surface area contributed by atoms with Crippen molar-refractivity contribution in [3.63, 3.8) is 0 Å². The number of hydrogen-bond donors (Lipinski definition) is 0. The van der Waals surface area contributed by atoms with Gasteiger partial charge in [-0.1, -0.05) is 113 Å². The van der Waals surface area contributed by atoms with Crippen LogP contribution >= 0.6 is 11.6 Å². The average Bonchev–Trinajstić information content (AvgIpc) is 3.10. The van der Waals surface area contributed by atoms with Crippen LogP contribution in [0, 0.1) is 0 Å². The topological polar surface area (TPSA) is 63.2 Å². The summed E-state index contributed by atoms with van der Waals surface area (Å²) >= 11 is 6.46. The maximum Gasteiger partial charge on any atom is 0.343 e. The van der Waals surface area contributed by atoms with Gasteiger partial charge >= 0.3 is 14.5 Å². The van der Waals surface area contributed by atoms with E-state index in [4.69, 9.17) is 34.0 Å². The molecule has 0 aromatic heterocycles. The fourth-order valence-corrected chi connectivity index (χ4v) is 20.5. The van der Waals surface area contributed by atoms with Crippen molar-refractivity contribution in [2.24, 2.45) is 0 Å². The molecule has 0 saturated carbocycles. The zero-order valence-electron chi connectivity index (χ0n) is 35.6. The lowest BCUT2D eigenvalue weighted by molar-refractivity contribution is 0.0734. The highest BCUT2D eigenvalue weighted by atomic mass is 35.5. The predicted octanol–water partition coefficient (Wildman–Crippen LogP) is 14.6. The molecule has 306 valence electrons. The SMILES string of the molecule is CCCCCCC(C)Oc1ccc(C(=O)Oc2ccc(-c3ccc(OCCCCCCCCCCC[Si](C)(C)O[Si](C)(C)O[Si](C)(C)C)cc3)cc2)cc1Cl. The molecule has 55 heavy (non-hydrogen) atoms. The van der Waals surface area contributed by atoms with Crippen molar-refractivity contribution >= 4 is 42.8 Å². The largest absolute Gasteiger partial charge is 0.494 e. The number of rotatable bonds is 27. The van der Waals surface area contributed by atoms with Gasteiger partial charge in [0.2, 0.25) is 0 Å². The standard InChI is InChI=1S/C45H71ClO6Si3/c1-10-11-12-20-23-37(2)49-44-33-28-40(36-43(44)46)45(47)50-42-31-26-39(27-32-42)38-24-29-41(30-25-38)48-34-21-18-16-14-13-15-17-19-22-35-54(6,7)52-55(8,9)51-53(3,4)5/h24-33,36-37H,10-23,34-35H2,1-9H3. The number of unbranched alkanes of at least 4 members (excludes halogenated alkanes) is 11. The molecule has 1 atom stereocenters. The van der Waals surface area contributed by atoms with Crippen molar-refractivity contribution in [2.75, 3.05) is 6.61 Å². The van der Waals surface area contributed by atoms with E-state index in [2.05, 4.69) is 71.8 Å². The first kappa shape index (κ1) is 47.0. The molecule has 6 nitrogen and oxygen atoms in total. The quantitative estimate of drug-likeness (QED) is 0.0330. The molecule has 0 saturated heterocycles. The van der Waals surface area contributed by atoms with Crippen molar-refractivity contribution in [2.45, 2.75) is 162 Å². The minimum atomic E-state index is -2.03. The van der Waals surface area contributed by atoms with Gasteiger partial charge in [-0.15, -0.1) is 0 Å². The first-order valence-electron chi connectivity index (χ1n) is 21.0. The van der Waals surface area contributed by atoms with Gasteiger partial charge in [0.15, 0.2) is 16.6 Å². The summed E-state index contributed by atoms with van der Waals surface area (Å²) in [5, 5.41) is 0.405. The van der Waals surface area contributed by atoms with Crippen molar-refractivity contribution in [3.05, 3.63) is 77.3 Å². The highest BCUT2D eigenvalue weighted by Crippen LogP contribution is 2.30. The van der Waals surface area contributed by atoms with Gasteiger partial charge in [0, 0.05) is 0 Å². The Hall–Kier alpha value is -2.41. The van der Waals surface area contributed by atoms with Gasteiger partial charge in [0.1, 0.15) is 17.2 Å². The van der Waals surface area contributed by atoms with Gasteiger partial charge in [-0.25, -0.2) is 4.79 Å². The summed E-state index contributed by atoms with van der Waals surface area (Å²) in [6, 6.07) is 22.0. The Balaban J connectivity index is 1.27. The van der Waals surface area contributed by atoms with Crippen LogP contribution in [0.2, 0.25) is 56.9 Å². The van der Waals surface area contributed by atoms with Crippen LogP contribution in [0.15, 0.2) is 66.7 Å². The monoisotopic (exact) mass is 826 g/mol. The van der Waals surface area contributed by atoms with Crippen LogP contribution in [-0.4, -0.2) is 43.9 Å². The maximum absolute atomic E-state index is 12.9. The number of halogens is 1. The molecule has 10 heteroatoms. The molecule has 0 amide bonds. The van der Waals surface area contributed by atoms with Crippen LogP contribution in [0.1, 0.15) is 114 Å². The second-order valence-electron chi connectivity index (χ2n) is 17.1. The number of hydrogen-bond acceptors (Lipinski definition) is 6. The maximum atomic E-state index is 12.9. The van der Waals surface area contributed by atoms with E-state index in [1.807, 2.05) is 36.4 Å². The first-order chi connectivity index (χ1) is 26.1. The van der Waals surface area contributed by atoms with Crippen LogP contribution in [0.4, 0.5) is 0 Å². The molecule has 1 unspecified atom stereocenters. The van der Waals surface area contributed by atoms with Crippen LogP contribution in [0.25, 0.3) is 11.1 Å². The van der Waals surface area contributed by atoms with Crippen LogP contribution in [0.5, 0.6) is 17.2 Å². The number of carbonyl (C=O) groups excluding carboxylic acids is 1. The van der Waals surface area contributed by atoms with Gasteiger partial charge in [0.25, 0.3) is 0 Å². The third kappa shape index (κ3) is 19.5. The Morgan fingerprint density at radius 1 is 0.655 bits per heavy atom. The Kier molecular flexibility index (Phi) is 20.3. The lowest BCUT2D eigenvalue weighted by Crippen LogP contribution is -2.51. The summed E-state index contributed by atoms with van der Waals surface area (Å²) < 4.78 is 30.8. The van der Waals surface area contributed by atoms with E-state index < -0.39 is 31.2 Å². The summed E-state index contributed by atoms with van der Waals surface area (Å²) in [6.07, 6.45) is 17.3. The summed E-state index contributed by atoms with van der Waals surface area (Å²) in [5.41, 5.74) is 2.49. The minimum absolute atomic E-state index is 0.0621. The van der Waals surface area contributed by atoms with Gasteiger partial charge in [-0.2, -0.15) is 0 Å². The highest BCUT2D eigenvalue weighted by Gasteiger charge is 2.37. The lowest BCUT2D eigenvalue weighted by atomic mass is 10.1. The Morgan fingerprint density at radius 3 is 1.76 bits per heavy atom.